The largest absolute Gasteiger partial charge is 0.494 e. The number of ether oxygens (including phenoxy) is 1. The maximum Gasteiger partial charge on any atom is 0.162 e. The van der Waals surface area contributed by atoms with Crippen molar-refractivity contribution in [2.75, 3.05) is 27.2 Å². The molecular weight excluding hydrogens is 214 g/mol. The highest BCUT2D eigenvalue weighted by molar-refractivity contribution is 5.95. The highest BCUT2D eigenvalue weighted by Crippen LogP contribution is 2.13. The van der Waals surface area contributed by atoms with E-state index in [9.17, 15) is 4.79 Å². The summed E-state index contributed by atoms with van der Waals surface area (Å²) in [4.78, 5) is 13.5. The molecule has 0 heterocycles. The Hall–Kier alpha value is -1.35. The lowest BCUT2D eigenvalue weighted by Crippen LogP contribution is -2.15. The molecule has 1 aromatic carbocycles. The summed E-state index contributed by atoms with van der Waals surface area (Å²) >= 11 is 0. The van der Waals surface area contributed by atoms with Crippen LogP contribution in [0.4, 0.5) is 0 Å². The Labute approximate surface area is 103 Å². The van der Waals surface area contributed by atoms with Gasteiger partial charge < -0.3 is 9.64 Å². The van der Waals surface area contributed by atoms with E-state index in [-0.39, 0.29) is 5.78 Å². The van der Waals surface area contributed by atoms with Gasteiger partial charge in [-0.25, -0.2) is 0 Å². The van der Waals surface area contributed by atoms with Crippen LogP contribution in [-0.2, 0) is 0 Å². The Morgan fingerprint density at radius 2 is 1.88 bits per heavy atom. The number of hydrogen-bond donors (Lipinski definition) is 0. The standard InChI is InChI=1S/C14H21NO2/c1-4-14(16)12-6-8-13(9-7-12)17-11-5-10-15(2)3/h6-9H,4-5,10-11H2,1-3H3. The fraction of sp³-hybridized carbons (Fsp3) is 0.500. The second-order valence-electron chi connectivity index (χ2n) is 4.31. The molecule has 0 unspecified atom stereocenters. The van der Waals surface area contributed by atoms with Gasteiger partial charge in [-0.15, -0.1) is 0 Å². The number of carbonyl (C=O) groups excluding carboxylic acids is 1. The summed E-state index contributed by atoms with van der Waals surface area (Å²) in [6.07, 6.45) is 1.55. The highest BCUT2D eigenvalue weighted by Gasteiger charge is 2.02. The van der Waals surface area contributed by atoms with Gasteiger partial charge in [0.15, 0.2) is 5.78 Å². The Morgan fingerprint density at radius 3 is 2.41 bits per heavy atom. The van der Waals surface area contributed by atoms with Gasteiger partial charge in [0.25, 0.3) is 0 Å². The fourth-order valence-electron chi connectivity index (χ4n) is 1.51. The molecule has 3 nitrogen and oxygen atoms in total. The number of hydrogen-bond acceptors (Lipinski definition) is 3. The van der Waals surface area contributed by atoms with Crippen molar-refractivity contribution in [1.82, 2.24) is 4.90 Å². The molecule has 3 heteroatoms. The Morgan fingerprint density at radius 1 is 1.24 bits per heavy atom. The number of benzene rings is 1. The van der Waals surface area contributed by atoms with Crippen LogP contribution in [0.5, 0.6) is 5.75 Å². The molecule has 0 aromatic heterocycles. The molecule has 0 atom stereocenters. The predicted molar refractivity (Wildman–Crippen MR) is 69.7 cm³/mol. The zero-order chi connectivity index (χ0) is 12.7. The molecular formula is C14H21NO2. The van der Waals surface area contributed by atoms with E-state index in [2.05, 4.69) is 4.90 Å². The number of Topliss-reactive ketones (excluding diaryl/α,β-unsaturated/α-hetero) is 1. The van der Waals surface area contributed by atoms with Gasteiger partial charge in [-0.3, -0.25) is 4.79 Å². The minimum absolute atomic E-state index is 0.171. The van der Waals surface area contributed by atoms with E-state index < -0.39 is 0 Å². The lowest BCUT2D eigenvalue weighted by Gasteiger charge is -2.10. The minimum atomic E-state index is 0.171. The summed E-state index contributed by atoms with van der Waals surface area (Å²) in [6.45, 7) is 3.60. The van der Waals surface area contributed by atoms with Crippen LogP contribution in [0.1, 0.15) is 30.1 Å². The van der Waals surface area contributed by atoms with Crippen LogP contribution < -0.4 is 4.74 Å². The Bertz CT molecular complexity index is 344. The number of ketones is 1. The number of nitrogens with zero attached hydrogens (tertiary/aromatic N) is 1. The van der Waals surface area contributed by atoms with Gasteiger partial charge in [-0.1, -0.05) is 6.92 Å². The van der Waals surface area contributed by atoms with Gasteiger partial charge in [-0.2, -0.15) is 0 Å². The Kier molecular flexibility index (Phi) is 5.70. The van der Waals surface area contributed by atoms with E-state index in [1.807, 2.05) is 45.3 Å². The van der Waals surface area contributed by atoms with E-state index in [0.717, 1.165) is 24.3 Å². The van der Waals surface area contributed by atoms with Crippen LogP contribution in [0.2, 0.25) is 0 Å². The summed E-state index contributed by atoms with van der Waals surface area (Å²) < 4.78 is 5.59. The molecule has 0 saturated carbocycles. The third kappa shape index (κ3) is 5.00. The van der Waals surface area contributed by atoms with E-state index in [1.165, 1.54) is 0 Å². The van der Waals surface area contributed by atoms with Crippen LogP contribution >= 0.6 is 0 Å². The predicted octanol–water partition coefficient (Wildman–Crippen LogP) is 2.61. The SMILES string of the molecule is CCC(=O)c1ccc(OCCCN(C)C)cc1. The van der Waals surface area contributed by atoms with Gasteiger partial charge in [-0.05, 0) is 44.8 Å². The topological polar surface area (TPSA) is 29.5 Å². The first-order chi connectivity index (χ1) is 8.13. The van der Waals surface area contributed by atoms with Crippen molar-refractivity contribution in [1.29, 1.82) is 0 Å². The van der Waals surface area contributed by atoms with Crippen molar-refractivity contribution in [2.45, 2.75) is 19.8 Å². The molecule has 0 aliphatic heterocycles. The van der Waals surface area contributed by atoms with Crippen molar-refractivity contribution in [3.8, 4) is 5.75 Å². The van der Waals surface area contributed by atoms with E-state index in [1.54, 1.807) is 0 Å². The molecule has 94 valence electrons. The monoisotopic (exact) mass is 235 g/mol. The van der Waals surface area contributed by atoms with Crippen LogP contribution in [0.3, 0.4) is 0 Å². The molecule has 17 heavy (non-hydrogen) atoms. The first kappa shape index (κ1) is 13.7. The maximum atomic E-state index is 11.4. The maximum absolute atomic E-state index is 11.4. The lowest BCUT2D eigenvalue weighted by atomic mass is 10.1. The summed E-state index contributed by atoms with van der Waals surface area (Å²) in [5.41, 5.74) is 0.758. The molecule has 0 saturated heterocycles. The fourth-order valence-corrected chi connectivity index (χ4v) is 1.51. The molecule has 0 radical (unpaired) electrons. The Balaban J connectivity index is 2.38. The molecule has 0 bridgehead atoms. The zero-order valence-corrected chi connectivity index (χ0v) is 10.9. The normalized spacial score (nSPS) is 10.6. The first-order valence-electron chi connectivity index (χ1n) is 6.04. The van der Waals surface area contributed by atoms with Gasteiger partial charge in [0, 0.05) is 18.5 Å². The van der Waals surface area contributed by atoms with E-state index in [4.69, 9.17) is 4.74 Å². The quantitative estimate of drug-likeness (QED) is 0.537. The van der Waals surface area contributed by atoms with E-state index >= 15 is 0 Å². The average molecular weight is 235 g/mol. The van der Waals surface area contributed by atoms with Gasteiger partial charge in [0.05, 0.1) is 6.61 Å². The number of rotatable bonds is 7. The van der Waals surface area contributed by atoms with Crippen molar-refractivity contribution < 1.29 is 9.53 Å². The zero-order valence-electron chi connectivity index (χ0n) is 10.9. The summed E-state index contributed by atoms with van der Waals surface area (Å²) in [7, 11) is 4.09. The smallest absolute Gasteiger partial charge is 0.162 e. The third-order valence-corrected chi connectivity index (χ3v) is 2.52. The molecule has 0 aliphatic carbocycles. The molecule has 0 aliphatic rings. The number of carbonyl (C=O) groups is 1. The van der Waals surface area contributed by atoms with Crippen molar-refractivity contribution in [3.05, 3.63) is 29.8 Å². The molecule has 1 aromatic rings. The lowest BCUT2D eigenvalue weighted by molar-refractivity contribution is 0.0988. The summed E-state index contributed by atoms with van der Waals surface area (Å²) in [6, 6.07) is 7.37. The van der Waals surface area contributed by atoms with Crippen molar-refractivity contribution >= 4 is 5.78 Å². The minimum Gasteiger partial charge on any atom is -0.494 e. The van der Waals surface area contributed by atoms with Crippen LogP contribution in [-0.4, -0.2) is 37.9 Å². The summed E-state index contributed by atoms with van der Waals surface area (Å²) in [5, 5.41) is 0. The van der Waals surface area contributed by atoms with Crippen LogP contribution in [0, 0.1) is 0 Å². The van der Waals surface area contributed by atoms with Gasteiger partial charge >= 0.3 is 0 Å². The second kappa shape index (κ2) is 7.07. The van der Waals surface area contributed by atoms with Gasteiger partial charge in [0.2, 0.25) is 0 Å². The molecule has 1 rings (SSSR count). The third-order valence-electron chi connectivity index (χ3n) is 2.52. The second-order valence-corrected chi connectivity index (χ2v) is 4.31. The molecule has 0 spiro atoms. The van der Waals surface area contributed by atoms with Crippen molar-refractivity contribution in [3.63, 3.8) is 0 Å². The summed E-state index contributed by atoms with van der Waals surface area (Å²) in [5.74, 6) is 1.00. The highest BCUT2D eigenvalue weighted by atomic mass is 16.5. The van der Waals surface area contributed by atoms with Crippen LogP contribution in [0.15, 0.2) is 24.3 Å². The average Bonchev–Trinajstić information content (AvgIpc) is 2.34. The molecule has 0 amide bonds. The van der Waals surface area contributed by atoms with Gasteiger partial charge in [0.1, 0.15) is 5.75 Å². The van der Waals surface area contributed by atoms with Crippen LogP contribution in [0.25, 0.3) is 0 Å². The van der Waals surface area contributed by atoms with E-state index in [0.29, 0.717) is 13.0 Å². The molecule has 0 N–H and O–H groups in total. The molecule has 0 fully saturated rings. The van der Waals surface area contributed by atoms with Crippen molar-refractivity contribution in [2.24, 2.45) is 0 Å². The first-order valence-corrected chi connectivity index (χ1v) is 6.04.